The van der Waals surface area contributed by atoms with Gasteiger partial charge in [-0.25, -0.2) is 0 Å². The Morgan fingerprint density at radius 3 is 2.39 bits per heavy atom. The van der Waals surface area contributed by atoms with Crippen LogP contribution in [0.2, 0.25) is 0 Å². The lowest BCUT2D eigenvalue weighted by atomic mass is 10.2. The monoisotopic (exact) mass is 340 g/mol. The van der Waals surface area contributed by atoms with Crippen LogP contribution in [0.15, 0.2) is 25.3 Å². The van der Waals surface area contributed by atoms with Crippen molar-refractivity contribution < 1.29 is 4.21 Å². The van der Waals surface area contributed by atoms with E-state index in [1.807, 2.05) is 33.7 Å². The Balaban J connectivity index is 2.51. The van der Waals surface area contributed by atoms with Gasteiger partial charge in [-0.3, -0.25) is 4.21 Å². The number of hydrogen-bond acceptors (Lipinski definition) is 5. The van der Waals surface area contributed by atoms with Gasteiger partial charge in [0.25, 0.3) is 0 Å². The zero-order valence-corrected chi connectivity index (χ0v) is 14.7. The van der Waals surface area contributed by atoms with E-state index in [2.05, 4.69) is 20.1 Å². The summed E-state index contributed by atoms with van der Waals surface area (Å²) in [6.07, 6.45) is 6.09. The largest absolute Gasteiger partial charge is 0.258 e. The highest BCUT2D eigenvalue weighted by atomic mass is 33.1. The first-order valence-electron chi connectivity index (χ1n) is 5.88. The molecule has 0 spiro atoms. The van der Waals surface area contributed by atoms with Crippen molar-refractivity contribution in [3.05, 3.63) is 25.3 Å². The van der Waals surface area contributed by atoms with Gasteiger partial charge in [-0.15, -0.1) is 13.2 Å². The van der Waals surface area contributed by atoms with Crippen molar-refractivity contribution in [1.29, 1.82) is 0 Å². The molecular formula is C12H20OS5. The van der Waals surface area contributed by atoms with E-state index in [1.54, 1.807) is 21.6 Å². The maximum atomic E-state index is 12.4. The van der Waals surface area contributed by atoms with Gasteiger partial charge in [0.15, 0.2) is 0 Å². The van der Waals surface area contributed by atoms with Gasteiger partial charge in [0.1, 0.15) is 4.58 Å². The fourth-order valence-corrected chi connectivity index (χ4v) is 10.6. The first-order valence-corrected chi connectivity index (χ1v) is 11.9. The molecule has 4 unspecified atom stereocenters. The van der Waals surface area contributed by atoms with E-state index in [0.29, 0.717) is 10.5 Å². The molecule has 1 heterocycles. The molecular weight excluding hydrogens is 320 g/mol. The Kier molecular flexibility index (Phi) is 9.36. The maximum absolute atomic E-state index is 12.4. The van der Waals surface area contributed by atoms with Crippen molar-refractivity contribution in [1.82, 2.24) is 0 Å². The summed E-state index contributed by atoms with van der Waals surface area (Å²) in [4.78, 5) is 0. The summed E-state index contributed by atoms with van der Waals surface area (Å²) in [7, 11) is 6.56. The van der Waals surface area contributed by atoms with E-state index in [4.69, 9.17) is 0 Å². The average molecular weight is 341 g/mol. The first-order chi connectivity index (χ1) is 8.70. The highest BCUT2D eigenvalue weighted by Gasteiger charge is 2.36. The molecule has 1 nitrogen and oxygen atoms in total. The smallest absolute Gasteiger partial charge is 0.103 e. The Morgan fingerprint density at radius 2 is 1.78 bits per heavy atom. The maximum Gasteiger partial charge on any atom is 0.103 e. The van der Waals surface area contributed by atoms with Gasteiger partial charge in [0, 0.05) is 32.8 Å². The van der Waals surface area contributed by atoms with Crippen molar-refractivity contribution >= 4 is 54.0 Å². The van der Waals surface area contributed by atoms with Gasteiger partial charge in [0.2, 0.25) is 0 Å². The van der Waals surface area contributed by atoms with Crippen LogP contribution in [0, 0.1) is 0 Å². The van der Waals surface area contributed by atoms with Crippen LogP contribution in [0.1, 0.15) is 19.8 Å². The van der Waals surface area contributed by atoms with Gasteiger partial charge >= 0.3 is 0 Å². The molecule has 0 aromatic heterocycles. The normalized spacial score (nSPS) is 32.1. The summed E-state index contributed by atoms with van der Waals surface area (Å²) in [6, 6.07) is 0. The summed E-state index contributed by atoms with van der Waals surface area (Å²) in [5.41, 5.74) is 0. The zero-order valence-electron chi connectivity index (χ0n) is 10.6. The van der Waals surface area contributed by atoms with Crippen molar-refractivity contribution in [2.75, 3.05) is 11.5 Å². The fourth-order valence-electron chi connectivity index (χ4n) is 1.55. The van der Waals surface area contributed by atoms with Crippen molar-refractivity contribution in [2.45, 2.75) is 34.8 Å². The molecule has 0 radical (unpaired) electrons. The highest BCUT2D eigenvalue weighted by molar-refractivity contribution is 8.79. The SMILES string of the molecule is C=CCSSC1CCC(C)S(=O)C1SSCC=C. The number of hydrogen-bond donors (Lipinski definition) is 0. The Morgan fingerprint density at radius 1 is 1.17 bits per heavy atom. The molecule has 1 aliphatic rings. The predicted molar refractivity (Wildman–Crippen MR) is 94.9 cm³/mol. The second-order valence-corrected chi connectivity index (χ2v) is 11.4. The molecule has 1 aliphatic heterocycles. The lowest BCUT2D eigenvalue weighted by molar-refractivity contribution is 0.622. The second kappa shape index (κ2) is 9.86. The second-order valence-electron chi connectivity index (χ2n) is 3.96. The van der Waals surface area contributed by atoms with Crippen LogP contribution in [-0.2, 0) is 10.8 Å². The predicted octanol–water partition coefficient (Wildman–Crippen LogP) is 4.75. The van der Waals surface area contributed by atoms with Crippen LogP contribution in [0.5, 0.6) is 0 Å². The summed E-state index contributed by atoms with van der Waals surface area (Å²) in [6.45, 7) is 9.57. The van der Waals surface area contributed by atoms with Crippen LogP contribution in [0.3, 0.4) is 0 Å². The third kappa shape index (κ3) is 5.57. The Hall–Kier alpha value is 1.03. The minimum absolute atomic E-state index is 0.251. The summed E-state index contributed by atoms with van der Waals surface area (Å²) < 4.78 is 12.6. The van der Waals surface area contributed by atoms with Gasteiger partial charge in [-0.05, 0) is 12.8 Å². The topological polar surface area (TPSA) is 17.1 Å². The van der Waals surface area contributed by atoms with E-state index < -0.39 is 10.8 Å². The summed E-state index contributed by atoms with van der Waals surface area (Å²) in [5, 5.41) is 0.836. The quantitative estimate of drug-likeness (QED) is 0.359. The van der Waals surface area contributed by atoms with Crippen LogP contribution >= 0.6 is 43.2 Å². The van der Waals surface area contributed by atoms with E-state index in [1.165, 1.54) is 6.42 Å². The first kappa shape index (κ1) is 17.1. The Labute approximate surface area is 129 Å². The fraction of sp³-hybridized carbons (Fsp3) is 0.667. The van der Waals surface area contributed by atoms with Crippen molar-refractivity contribution in [3.8, 4) is 0 Å². The van der Waals surface area contributed by atoms with Crippen molar-refractivity contribution in [3.63, 3.8) is 0 Å². The molecule has 18 heavy (non-hydrogen) atoms. The molecule has 0 bridgehead atoms. The summed E-state index contributed by atoms with van der Waals surface area (Å²) >= 11 is 0. The van der Waals surface area contributed by atoms with E-state index in [9.17, 15) is 4.21 Å². The average Bonchev–Trinajstić information content (AvgIpc) is 2.37. The van der Waals surface area contributed by atoms with E-state index in [0.717, 1.165) is 17.9 Å². The standard InChI is InChI=1S/C12H20OS5/c1-4-8-14-16-11-7-6-10(3)18(13)12(11)17-15-9-5-2/h4-5,10-12H,1-2,6-9H2,3H3. The molecule has 0 aliphatic carbocycles. The van der Waals surface area contributed by atoms with Crippen LogP contribution in [0.25, 0.3) is 0 Å². The van der Waals surface area contributed by atoms with E-state index in [-0.39, 0.29) is 4.58 Å². The molecule has 0 aromatic rings. The van der Waals surface area contributed by atoms with Gasteiger partial charge in [-0.2, -0.15) is 0 Å². The molecule has 0 amide bonds. The highest BCUT2D eigenvalue weighted by Crippen LogP contribution is 2.45. The minimum atomic E-state index is -0.714. The molecule has 1 rings (SSSR count). The minimum Gasteiger partial charge on any atom is -0.258 e. The van der Waals surface area contributed by atoms with Gasteiger partial charge in [-0.1, -0.05) is 62.3 Å². The third-order valence-corrected chi connectivity index (χ3v) is 11.2. The molecule has 1 fully saturated rings. The zero-order chi connectivity index (χ0) is 13.4. The lowest BCUT2D eigenvalue weighted by Crippen LogP contribution is -2.35. The molecule has 104 valence electrons. The molecule has 1 saturated heterocycles. The molecule has 6 heteroatoms. The van der Waals surface area contributed by atoms with Crippen LogP contribution < -0.4 is 0 Å². The van der Waals surface area contributed by atoms with Crippen LogP contribution in [0.4, 0.5) is 0 Å². The summed E-state index contributed by atoms with van der Waals surface area (Å²) in [5.74, 6) is 1.88. The van der Waals surface area contributed by atoms with Crippen molar-refractivity contribution in [2.24, 2.45) is 0 Å². The van der Waals surface area contributed by atoms with E-state index >= 15 is 0 Å². The molecule has 4 atom stereocenters. The van der Waals surface area contributed by atoms with Gasteiger partial charge < -0.3 is 0 Å². The lowest BCUT2D eigenvalue weighted by Gasteiger charge is -2.32. The Bertz CT molecular complexity index is 294. The molecule has 0 aromatic carbocycles. The molecule has 0 N–H and O–H groups in total. The molecule has 0 saturated carbocycles. The van der Waals surface area contributed by atoms with Gasteiger partial charge in [0.05, 0.1) is 0 Å². The third-order valence-electron chi connectivity index (χ3n) is 2.51. The number of rotatable bonds is 8. The van der Waals surface area contributed by atoms with Crippen LogP contribution in [-0.4, -0.2) is 30.8 Å².